The lowest BCUT2D eigenvalue weighted by atomic mass is 10.0. The number of carbonyl (C=O) groups is 2. The van der Waals surface area contributed by atoms with Crippen LogP contribution in [-0.4, -0.2) is 42.9 Å². The fourth-order valence-corrected chi connectivity index (χ4v) is 3.70. The van der Waals surface area contributed by atoms with Crippen LogP contribution in [0.3, 0.4) is 0 Å². The molecule has 2 N–H and O–H groups in total. The third-order valence-corrected chi connectivity index (χ3v) is 5.31. The third kappa shape index (κ3) is 7.81. The average molecular weight is 430 g/mol. The topological polar surface area (TPSA) is 61.4 Å². The second kappa shape index (κ2) is 13.0. The summed E-state index contributed by atoms with van der Waals surface area (Å²) in [5, 5.41) is 6.54. The lowest BCUT2D eigenvalue weighted by molar-refractivity contribution is -0.130. The molecule has 1 heterocycles. The Kier molecular flexibility index (Phi) is 10.4. The molecule has 5 nitrogen and oxygen atoms in total. The number of halogens is 1. The first-order chi connectivity index (χ1) is 14.2. The largest absolute Gasteiger partial charge is 0.356 e. The van der Waals surface area contributed by atoms with Crippen LogP contribution in [0.15, 0.2) is 60.7 Å². The molecule has 1 atom stereocenters. The first-order valence-corrected chi connectivity index (χ1v) is 10.6. The average Bonchev–Trinajstić information content (AvgIpc) is 2.76. The van der Waals surface area contributed by atoms with Crippen LogP contribution in [0.2, 0.25) is 0 Å². The summed E-state index contributed by atoms with van der Waals surface area (Å²) in [6, 6.07) is 20.0. The van der Waals surface area contributed by atoms with Crippen LogP contribution >= 0.6 is 12.4 Å². The van der Waals surface area contributed by atoms with Crippen LogP contribution in [0.25, 0.3) is 0 Å². The Balaban J connectivity index is 0.00000320. The zero-order chi connectivity index (χ0) is 20.3. The monoisotopic (exact) mass is 429 g/mol. The van der Waals surface area contributed by atoms with Gasteiger partial charge in [-0.25, -0.2) is 0 Å². The number of nitrogens with zero attached hydrogens (tertiary/aromatic N) is 1. The molecule has 0 radical (unpaired) electrons. The lowest BCUT2D eigenvalue weighted by Crippen LogP contribution is -2.36. The summed E-state index contributed by atoms with van der Waals surface area (Å²) >= 11 is 0. The summed E-state index contributed by atoms with van der Waals surface area (Å²) in [6.07, 6.45) is 3.56. The van der Waals surface area contributed by atoms with Crippen molar-refractivity contribution in [2.75, 3.05) is 26.2 Å². The normalized spacial score (nSPS) is 18.7. The van der Waals surface area contributed by atoms with Gasteiger partial charge < -0.3 is 15.5 Å². The molecule has 2 aromatic rings. The highest BCUT2D eigenvalue weighted by molar-refractivity contribution is 5.85. The Labute approximate surface area is 185 Å². The molecular weight excluding hydrogens is 398 g/mol. The van der Waals surface area contributed by atoms with Crippen molar-refractivity contribution < 1.29 is 9.59 Å². The number of rotatable bonds is 3. The van der Waals surface area contributed by atoms with Gasteiger partial charge in [0.25, 0.3) is 0 Å². The molecule has 3 rings (SSSR count). The molecule has 0 spiro atoms. The molecule has 0 aromatic heterocycles. The van der Waals surface area contributed by atoms with Crippen LogP contribution in [0, 0.1) is 0 Å². The van der Waals surface area contributed by atoms with Crippen molar-refractivity contribution in [3.05, 3.63) is 71.8 Å². The zero-order valence-electron chi connectivity index (χ0n) is 17.4. The minimum Gasteiger partial charge on any atom is -0.356 e. The number of amides is 2. The number of carbonyl (C=O) groups excluding carboxylic acids is 2. The molecule has 1 unspecified atom stereocenters. The van der Waals surface area contributed by atoms with Gasteiger partial charge in [0.2, 0.25) is 11.8 Å². The molecule has 162 valence electrons. The van der Waals surface area contributed by atoms with Crippen molar-refractivity contribution >= 4 is 24.2 Å². The van der Waals surface area contributed by atoms with Gasteiger partial charge >= 0.3 is 0 Å². The van der Waals surface area contributed by atoms with Gasteiger partial charge in [0, 0.05) is 32.1 Å². The minimum atomic E-state index is 0. The van der Waals surface area contributed by atoms with Gasteiger partial charge in [0.15, 0.2) is 0 Å². The quantitative estimate of drug-likeness (QED) is 0.784. The first-order valence-electron chi connectivity index (χ1n) is 10.6. The van der Waals surface area contributed by atoms with E-state index in [1.807, 2.05) is 53.4 Å². The Morgan fingerprint density at radius 2 is 1.57 bits per heavy atom. The van der Waals surface area contributed by atoms with Gasteiger partial charge in [0.05, 0.1) is 6.42 Å². The Morgan fingerprint density at radius 3 is 2.30 bits per heavy atom. The van der Waals surface area contributed by atoms with Gasteiger partial charge in [-0.05, 0) is 36.9 Å². The standard InChI is InChI=1S/C24H31N3O2.ClH/c28-23-19-22(21-12-5-2-6-13-21)25-14-7-8-16-27(17-9-15-26-23)24(29)18-20-10-3-1-4-11-20;/h1-6,10-13,22,25H,7-9,14-19H2,(H,26,28);1H. The van der Waals surface area contributed by atoms with E-state index in [2.05, 4.69) is 22.8 Å². The number of hydrogen-bond acceptors (Lipinski definition) is 3. The predicted octanol–water partition coefficient (Wildman–Crippen LogP) is 3.50. The Morgan fingerprint density at radius 1 is 0.900 bits per heavy atom. The predicted molar refractivity (Wildman–Crippen MR) is 123 cm³/mol. The van der Waals surface area contributed by atoms with Crippen LogP contribution in [-0.2, 0) is 16.0 Å². The third-order valence-electron chi connectivity index (χ3n) is 5.31. The SMILES string of the molecule is Cl.O=C1CC(c2ccccc2)NCCCCN(C(=O)Cc2ccccc2)CCCN1. The second-order valence-corrected chi connectivity index (χ2v) is 7.58. The summed E-state index contributed by atoms with van der Waals surface area (Å²) in [6.45, 7) is 2.86. The van der Waals surface area contributed by atoms with E-state index >= 15 is 0 Å². The maximum atomic E-state index is 12.8. The Hall–Kier alpha value is -2.37. The number of hydrogen-bond donors (Lipinski definition) is 2. The highest BCUT2D eigenvalue weighted by Gasteiger charge is 2.17. The van der Waals surface area contributed by atoms with E-state index in [9.17, 15) is 9.59 Å². The number of benzene rings is 2. The van der Waals surface area contributed by atoms with E-state index in [0.717, 1.165) is 43.5 Å². The molecule has 30 heavy (non-hydrogen) atoms. The number of nitrogens with one attached hydrogen (secondary N) is 2. The lowest BCUT2D eigenvalue weighted by Gasteiger charge is -2.23. The van der Waals surface area contributed by atoms with Crippen molar-refractivity contribution in [2.24, 2.45) is 0 Å². The van der Waals surface area contributed by atoms with Crippen LogP contribution in [0.4, 0.5) is 0 Å². The summed E-state index contributed by atoms with van der Waals surface area (Å²) in [4.78, 5) is 27.1. The summed E-state index contributed by atoms with van der Waals surface area (Å²) in [7, 11) is 0. The van der Waals surface area contributed by atoms with Crippen LogP contribution in [0.1, 0.15) is 42.9 Å². The van der Waals surface area contributed by atoms with Gasteiger partial charge in [-0.3, -0.25) is 9.59 Å². The van der Waals surface area contributed by atoms with Crippen molar-refractivity contribution in [1.82, 2.24) is 15.5 Å². The molecular formula is C24H32ClN3O2. The van der Waals surface area contributed by atoms with E-state index in [1.54, 1.807) is 0 Å². The molecule has 0 aliphatic carbocycles. The molecule has 2 aromatic carbocycles. The molecule has 1 aliphatic heterocycles. The van der Waals surface area contributed by atoms with Gasteiger partial charge in [0.1, 0.15) is 0 Å². The summed E-state index contributed by atoms with van der Waals surface area (Å²) in [5.74, 6) is 0.209. The van der Waals surface area contributed by atoms with Crippen molar-refractivity contribution in [3.8, 4) is 0 Å². The van der Waals surface area contributed by atoms with E-state index in [4.69, 9.17) is 0 Å². The zero-order valence-corrected chi connectivity index (χ0v) is 18.2. The fraction of sp³-hybridized carbons (Fsp3) is 0.417. The van der Waals surface area contributed by atoms with Gasteiger partial charge in [-0.15, -0.1) is 12.4 Å². The van der Waals surface area contributed by atoms with E-state index in [1.165, 1.54) is 0 Å². The smallest absolute Gasteiger partial charge is 0.226 e. The van der Waals surface area contributed by atoms with E-state index in [0.29, 0.717) is 25.9 Å². The highest BCUT2D eigenvalue weighted by Crippen LogP contribution is 2.17. The first kappa shape index (κ1) is 23.9. The molecule has 0 bridgehead atoms. The van der Waals surface area contributed by atoms with Crippen LogP contribution < -0.4 is 10.6 Å². The van der Waals surface area contributed by atoms with Crippen molar-refractivity contribution in [3.63, 3.8) is 0 Å². The molecule has 1 saturated heterocycles. The second-order valence-electron chi connectivity index (χ2n) is 7.58. The van der Waals surface area contributed by atoms with Gasteiger partial charge in [-0.1, -0.05) is 60.7 Å². The Bertz CT molecular complexity index is 771. The highest BCUT2D eigenvalue weighted by atomic mass is 35.5. The van der Waals surface area contributed by atoms with Gasteiger partial charge in [-0.2, -0.15) is 0 Å². The maximum Gasteiger partial charge on any atom is 0.226 e. The maximum absolute atomic E-state index is 12.8. The molecule has 1 fully saturated rings. The summed E-state index contributed by atoms with van der Waals surface area (Å²) in [5.41, 5.74) is 2.18. The van der Waals surface area contributed by atoms with E-state index < -0.39 is 0 Å². The molecule has 1 aliphatic rings. The van der Waals surface area contributed by atoms with E-state index in [-0.39, 0.29) is 30.3 Å². The van der Waals surface area contributed by atoms with Crippen molar-refractivity contribution in [1.29, 1.82) is 0 Å². The molecule has 6 heteroatoms. The van der Waals surface area contributed by atoms with Crippen molar-refractivity contribution in [2.45, 2.75) is 38.1 Å². The minimum absolute atomic E-state index is 0. The fourth-order valence-electron chi connectivity index (χ4n) is 3.70. The summed E-state index contributed by atoms with van der Waals surface area (Å²) < 4.78 is 0. The molecule has 2 amide bonds. The van der Waals surface area contributed by atoms with Crippen LogP contribution in [0.5, 0.6) is 0 Å². The molecule has 0 saturated carbocycles.